The van der Waals surface area contributed by atoms with Crippen molar-refractivity contribution in [1.29, 1.82) is 0 Å². The van der Waals surface area contributed by atoms with Crippen molar-refractivity contribution in [1.82, 2.24) is 0 Å². The third-order valence-electron chi connectivity index (χ3n) is 1.99. The largest absolute Gasteiger partial charge is 0.383 e. The summed E-state index contributed by atoms with van der Waals surface area (Å²) in [5.41, 5.74) is 6.37. The first kappa shape index (κ1) is 11.6. The smallest absolute Gasteiger partial charge is 0.0823 e. The van der Waals surface area contributed by atoms with Crippen LogP contribution in [0.5, 0.6) is 0 Å². The maximum atomic E-state index is 5.99. The molecule has 0 spiro atoms. The fourth-order valence-corrected chi connectivity index (χ4v) is 1.38. The first-order chi connectivity index (χ1) is 6.65. The van der Waals surface area contributed by atoms with Gasteiger partial charge < -0.3 is 11.1 Å². The maximum Gasteiger partial charge on any atom is 0.0823 e. The monoisotopic (exact) mass is 232 g/mol. The van der Waals surface area contributed by atoms with Crippen LogP contribution in [0.3, 0.4) is 0 Å². The van der Waals surface area contributed by atoms with E-state index in [-0.39, 0.29) is 0 Å². The number of rotatable bonds is 4. The lowest BCUT2D eigenvalue weighted by molar-refractivity contribution is 0.628. The van der Waals surface area contributed by atoms with Crippen LogP contribution in [0.25, 0.3) is 0 Å². The highest BCUT2D eigenvalue weighted by Gasteiger charge is 2.04. The average molecular weight is 233 g/mol. The topological polar surface area (TPSA) is 38.0 Å². The van der Waals surface area contributed by atoms with Gasteiger partial charge in [-0.1, -0.05) is 36.2 Å². The molecule has 2 nitrogen and oxygen atoms in total. The Kier molecular flexibility index (Phi) is 4.52. The van der Waals surface area contributed by atoms with Gasteiger partial charge >= 0.3 is 0 Å². The van der Waals surface area contributed by atoms with E-state index in [2.05, 4.69) is 12.2 Å². The quantitative estimate of drug-likeness (QED) is 0.838. The first-order valence-electron chi connectivity index (χ1n) is 4.53. The van der Waals surface area contributed by atoms with Gasteiger partial charge in [-0.15, -0.1) is 0 Å². The van der Waals surface area contributed by atoms with Gasteiger partial charge in [-0.2, -0.15) is 0 Å². The summed E-state index contributed by atoms with van der Waals surface area (Å²) < 4.78 is 0. The molecular formula is C10H14Cl2N2. The Bertz CT molecular complexity index is 302. The molecule has 4 heteroatoms. The van der Waals surface area contributed by atoms with Gasteiger partial charge in [-0.05, 0) is 24.6 Å². The summed E-state index contributed by atoms with van der Waals surface area (Å²) in [5, 5.41) is 4.34. The summed E-state index contributed by atoms with van der Waals surface area (Å²) in [6, 6.07) is 5.53. The molecule has 0 aromatic heterocycles. The molecule has 0 saturated heterocycles. The van der Waals surface area contributed by atoms with Crippen LogP contribution in [-0.4, -0.2) is 13.1 Å². The van der Waals surface area contributed by atoms with Crippen LogP contribution in [0.2, 0.25) is 10.0 Å². The molecular weight excluding hydrogens is 219 g/mol. The Morgan fingerprint density at radius 3 is 2.79 bits per heavy atom. The Morgan fingerprint density at radius 2 is 2.14 bits per heavy atom. The Morgan fingerprint density at radius 1 is 1.43 bits per heavy atom. The Balaban J connectivity index is 2.63. The SMILES string of the molecule is CC(CN)CNc1cccc(Cl)c1Cl. The van der Waals surface area contributed by atoms with E-state index in [1.54, 1.807) is 6.07 Å². The van der Waals surface area contributed by atoms with Gasteiger partial charge in [-0.25, -0.2) is 0 Å². The molecule has 0 aliphatic rings. The van der Waals surface area contributed by atoms with Crippen molar-refractivity contribution >= 4 is 28.9 Å². The van der Waals surface area contributed by atoms with Crippen molar-refractivity contribution in [3.63, 3.8) is 0 Å². The minimum absolute atomic E-state index is 0.421. The molecule has 1 aromatic carbocycles. The molecule has 0 fully saturated rings. The van der Waals surface area contributed by atoms with Crippen molar-refractivity contribution in [2.45, 2.75) is 6.92 Å². The van der Waals surface area contributed by atoms with Crippen LogP contribution in [-0.2, 0) is 0 Å². The van der Waals surface area contributed by atoms with E-state index < -0.39 is 0 Å². The highest BCUT2D eigenvalue weighted by Crippen LogP contribution is 2.29. The molecule has 1 aromatic rings. The zero-order valence-corrected chi connectivity index (χ0v) is 9.57. The van der Waals surface area contributed by atoms with Gasteiger partial charge in [0.15, 0.2) is 0 Å². The van der Waals surface area contributed by atoms with Gasteiger partial charge in [-0.3, -0.25) is 0 Å². The number of hydrogen-bond acceptors (Lipinski definition) is 2. The molecule has 0 radical (unpaired) electrons. The van der Waals surface area contributed by atoms with Crippen LogP contribution in [0.1, 0.15) is 6.92 Å². The predicted octanol–water partition coefficient (Wildman–Crippen LogP) is 3.00. The average Bonchev–Trinajstić information content (AvgIpc) is 2.20. The molecule has 78 valence electrons. The number of nitrogens with two attached hydrogens (primary N) is 1. The summed E-state index contributed by atoms with van der Waals surface area (Å²) in [5.74, 6) is 0.421. The highest BCUT2D eigenvalue weighted by atomic mass is 35.5. The van der Waals surface area contributed by atoms with Gasteiger partial charge in [0.1, 0.15) is 0 Å². The fourth-order valence-electron chi connectivity index (χ4n) is 1.01. The minimum atomic E-state index is 0.421. The van der Waals surface area contributed by atoms with E-state index in [1.165, 1.54) is 0 Å². The van der Waals surface area contributed by atoms with E-state index in [0.29, 0.717) is 22.5 Å². The van der Waals surface area contributed by atoms with Crippen molar-refractivity contribution in [3.05, 3.63) is 28.2 Å². The maximum absolute atomic E-state index is 5.99. The highest BCUT2D eigenvalue weighted by molar-refractivity contribution is 6.43. The second kappa shape index (κ2) is 5.44. The molecule has 3 N–H and O–H groups in total. The molecule has 0 bridgehead atoms. The van der Waals surface area contributed by atoms with Crippen LogP contribution < -0.4 is 11.1 Å². The standard InChI is InChI=1S/C10H14Cl2N2/c1-7(5-13)6-14-9-4-2-3-8(11)10(9)12/h2-4,7,14H,5-6,13H2,1H3. The van der Waals surface area contributed by atoms with E-state index in [0.717, 1.165) is 12.2 Å². The normalized spacial score (nSPS) is 12.6. The Hall–Kier alpha value is -0.440. The zero-order chi connectivity index (χ0) is 10.6. The van der Waals surface area contributed by atoms with Crippen molar-refractivity contribution in [2.75, 3.05) is 18.4 Å². The first-order valence-corrected chi connectivity index (χ1v) is 5.28. The molecule has 1 rings (SSSR count). The summed E-state index contributed by atoms with van der Waals surface area (Å²) in [6.07, 6.45) is 0. The molecule has 0 heterocycles. The lowest BCUT2D eigenvalue weighted by Gasteiger charge is -2.12. The third kappa shape index (κ3) is 3.05. The van der Waals surface area contributed by atoms with E-state index in [9.17, 15) is 0 Å². The number of hydrogen-bond donors (Lipinski definition) is 2. The Labute approximate surface area is 94.4 Å². The number of halogens is 2. The van der Waals surface area contributed by atoms with Crippen LogP contribution >= 0.6 is 23.2 Å². The fraction of sp³-hybridized carbons (Fsp3) is 0.400. The second-order valence-corrected chi connectivity index (χ2v) is 4.11. The number of nitrogens with one attached hydrogen (secondary N) is 1. The zero-order valence-electron chi connectivity index (χ0n) is 8.06. The van der Waals surface area contributed by atoms with E-state index >= 15 is 0 Å². The van der Waals surface area contributed by atoms with Crippen LogP contribution in [0.4, 0.5) is 5.69 Å². The predicted molar refractivity (Wildman–Crippen MR) is 63.2 cm³/mol. The molecule has 0 aliphatic carbocycles. The molecule has 1 atom stereocenters. The lowest BCUT2D eigenvalue weighted by Crippen LogP contribution is -2.19. The van der Waals surface area contributed by atoms with Crippen LogP contribution in [0.15, 0.2) is 18.2 Å². The van der Waals surface area contributed by atoms with Gasteiger partial charge in [0.25, 0.3) is 0 Å². The van der Waals surface area contributed by atoms with Crippen molar-refractivity contribution in [2.24, 2.45) is 11.7 Å². The second-order valence-electron chi connectivity index (χ2n) is 3.32. The van der Waals surface area contributed by atoms with E-state index in [1.807, 2.05) is 12.1 Å². The molecule has 0 saturated carbocycles. The minimum Gasteiger partial charge on any atom is -0.383 e. The molecule has 1 unspecified atom stereocenters. The molecule has 14 heavy (non-hydrogen) atoms. The van der Waals surface area contributed by atoms with Gasteiger partial charge in [0.2, 0.25) is 0 Å². The van der Waals surface area contributed by atoms with Crippen molar-refractivity contribution in [3.8, 4) is 0 Å². The summed E-state index contributed by atoms with van der Waals surface area (Å²) in [6.45, 7) is 3.53. The van der Waals surface area contributed by atoms with Gasteiger partial charge in [0.05, 0.1) is 15.7 Å². The van der Waals surface area contributed by atoms with E-state index in [4.69, 9.17) is 28.9 Å². The summed E-state index contributed by atoms with van der Waals surface area (Å²) in [4.78, 5) is 0. The van der Waals surface area contributed by atoms with Gasteiger partial charge in [0, 0.05) is 6.54 Å². The number of anilines is 1. The van der Waals surface area contributed by atoms with Crippen molar-refractivity contribution < 1.29 is 0 Å². The number of benzene rings is 1. The summed E-state index contributed by atoms with van der Waals surface area (Å²) in [7, 11) is 0. The van der Waals surface area contributed by atoms with Crippen LogP contribution in [0, 0.1) is 5.92 Å². The lowest BCUT2D eigenvalue weighted by atomic mass is 10.2. The molecule has 0 amide bonds. The molecule has 0 aliphatic heterocycles. The third-order valence-corrected chi connectivity index (χ3v) is 2.81. The summed E-state index contributed by atoms with van der Waals surface area (Å²) >= 11 is 11.9.